The van der Waals surface area contributed by atoms with Crippen molar-refractivity contribution in [2.45, 2.75) is 26.8 Å². The van der Waals surface area contributed by atoms with Crippen LogP contribution in [0.25, 0.3) is 22.2 Å². The Morgan fingerprint density at radius 1 is 1.20 bits per heavy atom. The Balaban J connectivity index is 2.18. The van der Waals surface area contributed by atoms with Crippen molar-refractivity contribution >= 4 is 22.5 Å². The highest BCUT2D eigenvalue weighted by Crippen LogP contribution is 2.31. The van der Waals surface area contributed by atoms with Crippen LogP contribution in [-0.4, -0.2) is 14.8 Å². The summed E-state index contributed by atoms with van der Waals surface area (Å²) in [5.74, 6) is 0. The molecule has 0 fully saturated rings. The molecule has 20 heavy (non-hydrogen) atoms. The molecule has 0 aliphatic carbocycles. The van der Waals surface area contributed by atoms with Gasteiger partial charge in [0.2, 0.25) is 0 Å². The predicted octanol–water partition coefficient (Wildman–Crippen LogP) is 4.64. The Morgan fingerprint density at radius 3 is 2.65 bits per heavy atom. The van der Waals surface area contributed by atoms with Crippen molar-refractivity contribution < 1.29 is 0 Å². The van der Waals surface area contributed by atoms with Gasteiger partial charge < -0.3 is 0 Å². The highest BCUT2D eigenvalue weighted by atomic mass is 35.5. The number of rotatable bonds is 2. The van der Waals surface area contributed by atoms with Crippen LogP contribution in [0, 0.1) is 6.92 Å². The topological polar surface area (TPSA) is 30.7 Å². The first-order chi connectivity index (χ1) is 9.58. The normalized spacial score (nSPS) is 11.4. The molecule has 0 saturated heterocycles. The van der Waals surface area contributed by atoms with Gasteiger partial charge in [0.15, 0.2) is 0 Å². The molecule has 0 bridgehead atoms. The first-order valence-corrected chi connectivity index (χ1v) is 7.05. The molecule has 0 N–H and O–H groups in total. The molecule has 0 unspecified atom stereocenters. The molecular formula is C16H16ClN3. The summed E-state index contributed by atoms with van der Waals surface area (Å²) in [6.07, 6.45) is 1.83. The third-order valence-electron chi connectivity index (χ3n) is 3.43. The second-order valence-corrected chi connectivity index (χ2v) is 5.58. The summed E-state index contributed by atoms with van der Waals surface area (Å²) >= 11 is 6.43. The van der Waals surface area contributed by atoms with Crippen LogP contribution in [0.4, 0.5) is 0 Å². The van der Waals surface area contributed by atoms with E-state index in [0.29, 0.717) is 5.02 Å². The molecule has 3 aromatic rings. The predicted molar refractivity (Wildman–Crippen MR) is 83.1 cm³/mol. The quantitative estimate of drug-likeness (QED) is 0.687. The average Bonchev–Trinajstić information content (AvgIpc) is 2.75. The maximum Gasteiger partial charge on any atom is 0.113 e. The number of aromatic nitrogens is 3. The average molecular weight is 286 g/mol. The van der Waals surface area contributed by atoms with Gasteiger partial charge in [-0.05, 0) is 32.9 Å². The van der Waals surface area contributed by atoms with Gasteiger partial charge in [-0.1, -0.05) is 29.8 Å². The number of pyridine rings is 1. The minimum Gasteiger partial charge on any atom is -0.265 e. The first kappa shape index (κ1) is 13.1. The van der Waals surface area contributed by atoms with E-state index in [2.05, 4.69) is 30.0 Å². The van der Waals surface area contributed by atoms with Gasteiger partial charge in [-0.3, -0.25) is 9.67 Å². The van der Waals surface area contributed by atoms with Crippen LogP contribution in [0.3, 0.4) is 0 Å². The van der Waals surface area contributed by atoms with Crippen LogP contribution in [0.15, 0.2) is 36.5 Å². The molecule has 3 rings (SSSR count). The molecule has 0 atom stereocenters. The lowest BCUT2D eigenvalue weighted by Crippen LogP contribution is -2.04. The van der Waals surface area contributed by atoms with Crippen molar-refractivity contribution in [3.05, 3.63) is 47.2 Å². The molecule has 1 aromatic carbocycles. The molecule has 0 spiro atoms. The molecule has 0 aliphatic rings. The van der Waals surface area contributed by atoms with Crippen LogP contribution in [0.2, 0.25) is 5.02 Å². The highest BCUT2D eigenvalue weighted by molar-refractivity contribution is 6.33. The van der Waals surface area contributed by atoms with Crippen LogP contribution in [-0.2, 0) is 0 Å². The summed E-state index contributed by atoms with van der Waals surface area (Å²) in [7, 11) is 0. The summed E-state index contributed by atoms with van der Waals surface area (Å²) < 4.78 is 1.95. The van der Waals surface area contributed by atoms with E-state index >= 15 is 0 Å². The summed E-state index contributed by atoms with van der Waals surface area (Å²) in [6.45, 7) is 6.19. The van der Waals surface area contributed by atoms with Gasteiger partial charge in [0.05, 0.1) is 16.2 Å². The summed E-state index contributed by atoms with van der Waals surface area (Å²) in [6, 6.07) is 10.4. The number of hydrogen-bond donors (Lipinski definition) is 0. The minimum atomic E-state index is 0.287. The fourth-order valence-electron chi connectivity index (χ4n) is 2.39. The number of para-hydroxylation sites is 1. The Hall–Kier alpha value is -1.87. The first-order valence-electron chi connectivity index (χ1n) is 6.67. The third-order valence-corrected chi connectivity index (χ3v) is 3.88. The largest absolute Gasteiger partial charge is 0.265 e. The lowest BCUT2D eigenvalue weighted by Gasteiger charge is -2.07. The van der Waals surface area contributed by atoms with Crippen LogP contribution >= 0.6 is 11.6 Å². The van der Waals surface area contributed by atoms with Crippen molar-refractivity contribution in [1.29, 1.82) is 0 Å². The summed E-state index contributed by atoms with van der Waals surface area (Å²) in [5, 5.41) is 6.43. The number of nitrogens with zero attached hydrogens (tertiary/aromatic N) is 3. The summed E-state index contributed by atoms with van der Waals surface area (Å²) in [4.78, 5) is 4.47. The van der Waals surface area contributed by atoms with E-state index in [4.69, 9.17) is 11.6 Å². The second-order valence-electron chi connectivity index (χ2n) is 5.20. The lowest BCUT2D eigenvalue weighted by molar-refractivity contribution is 0.520. The highest BCUT2D eigenvalue weighted by Gasteiger charge is 2.16. The Morgan fingerprint density at radius 2 is 1.95 bits per heavy atom. The van der Waals surface area contributed by atoms with Gasteiger partial charge in [-0.25, -0.2) is 0 Å². The molecule has 0 amide bonds. The maximum atomic E-state index is 6.43. The number of halogens is 1. The maximum absolute atomic E-state index is 6.43. The van der Waals surface area contributed by atoms with Gasteiger partial charge in [-0.2, -0.15) is 5.10 Å². The molecule has 0 saturated carbocycles. The monoisotopic (exact) mass is 285 g/mol. The molecular weight excluding hydrogens is 270 g/mol. The van der Waals surface area contributed by atoms with Gasteiger partial charge in [0.25, 0.3) is 0 Å². The lowest BCUT2D eigenvalue weighted by atomic mass is 10.1. The Kier molecular flexibility index (Phi) is 3.22. The van der Waals surface area contributed by atoms with Crippen molar-refractivity contribution in [3.8, 4) is 11.3 Å². The van der Waals surface area contributed by atoms with E-state index < -0.39 is 0 Å². The molecule has 2 aromatic heterocycles. The summed E-state index contributed by atoms with van der Waals surface area (Å²) in [5.41, 5.74) is 3.73. The molecule has 4 heteroatoms. The van der Waals surface area contributed by atoms with Gasteiger partial charge >= 0.3 is 0 Å². The molecule has 3 nitrogen and oxygen atoms in total. The van der Waals surface area contributed by atoms with Gasteiger partial charge in [0, 0.05) is 23.2 Å². The molecule has 0 aliphatic heterocycles. The van der Waals surface area contributed by atoms with E-state index in [1.54, 1.807) is 0 Å². The van der Waals surface area contributed by atoms with Crippen LogP contribution in [0.5, 0.6) is 0 Å². The Bertz CT molecular complexity index is 774. The fraction of sp³-hybridized carbons (Fsp3) is 0.250. The van der Waals surface area contributed by atoms with Crippen molar-refractivity contribution in [3.63, 3.8) is 0 Å². The smallest absolute Gasteiger partial charge is 0.113 e. The van der Waals surface area contributed by atoms with Crippen molar-refractivity contribution in [1.82, 2.24) is 14.8 Å². The van der Waals surface area contributed by atoms with E-state index in [1.165, 1.54) is 0 Å². The van der Waals surface area contributed by atoms with Crippen molar-refractivity contribution in [2.75, 3.05) is 0 Å². The fourth-order valence-corrected chi connectivity index (χ4v) is 2.62. The van der Waals surface area contributed by atoms with Crippen LogP contribution in [0.1, 0.15) is 25.6 Å². The number of hydrogen-bond acceptors (Lipinski definition) is 2. The number of benzene rings is 1. The van der Waals surface area contributed by atoms with E-state index in [1.807, 2.05) is 42.1 Å². The third kappa shape index (κ3) is 2.08. The second kappa shape index (κ2) is 4.91. The molecule has 2 heterocycles. The Labute approximate surface area is 123 Å². The number of fused-ring (bicyclic) bond motifs is 1. The van der Waals surface area contributed by atoms with E-state index in [-0.39, 0.29) is 6.04 Å². The van der Waals surface area contributed by atoms with E-state index in [9.17, 15) is 0 Å². The molecule has 102 valence electrons. The SMILES string of the molecule is Cc1c(Cl)c(-c2cnc3ccccc3c2)nn1C(C)C. The zero-order chi connectivity index (χ0) is 14.3. The van der Waals surface area contributed by atoms with Crippen LogP contribution < -0.4 is 0 Å². The zero-order valence-corrected chi connectivity index (χ0v) is 12.5. The minimum absolute atomic E-state index is 0.287. The van der Waals surface area contributed by atoms with Gasteiger partial charge in [0.1, 0.15) is 5.69 Å². The standard InChI is InChI=1S/C16H16ClN3/c1-10(2)20-11(3)15(17)16(19-20)13-8-12-6-4-5-7-14(12)18-9-13/h4-10H,1-3H3. The van der Waals surface area contributed by atoms with Crippen molar-refractivity contribution in [2.24, 2.45) is 0 Å². The van der Waals surface area contributed by atoms with Gasteiger partial charge in [-0.15, -0.1) is 0 Å². The molecule has 0 radical (unpaired) electrons. The zero-order valence-electron chi connectivity index (χ0n) is 11.8. The van der Waals surface area contributed by atoms with E-state index in [0.717, 1.165) is 27.9 Å².